The van der Waals surface area contributed by atoms with Gasteiger partial charge in [-0.3, -0.25) is 9.59 Å². The van der Waals surface area contributed by atoms with E-state index in [1.54, 1.807) is 10.9 Å². The summed E-state index contributed by atoms with van der Waals surface area (Å²) in [6, 6.07) is 8.40. The van der Waals surface area contributed by atoms with Gasteiger partial charge in [-0.15, -0.1) is 5.10 Å². The number of hydrogen-bond donors (Lipinski definition) is 0. The van der Waals surface area contributed by atoms with Gasteiger partial charge in [0.05, 0.1) is 18.8 Å². The average Bonchev–Trinajstić information content (AvgIpc) is 3.41. The SMILES string of the molecule is CC(C)CCC(=O)N1CCC[C@H]1Cn1cc(C(=O)N2CCc3ccccc3C2)nn1. The van der Waals surface area contributed by atoms with E-state index in [1.165, 1.54) is 11.1 Å². The van der Waals surface area contributed by atoms with Crippen molar-refractivity contribution in [3.63, 3.8) is 0 Å². The summed E-state index contributed by atoms with van der Waals surface area (Å²) >= 11 is 0. The summed E-state index contributed by atoms with van der Waals surface area (Å²) in [5.41, 5.74) is 2.89. The van der Waals surface area contributed by atoms with E-state index in [4.69, 9.17) is 0 Å². The smallest absolute Gasteiger partial charge is 0.276 e. The van der Waals surface area contributed by atoms with Gasteiger partial charge in [0.2, 0.25) is 5.91 Å². The molecule has 1 aromatic carbocycles. The van der Waals surface area contributed by atoms with Crippen molar-refractivity contribution in [2.24, 2.45) is 5.92 Å². The van der Waals surface area contributed by atoms with E-state index < -0.39 is 0 Å². The first-order chi connectivity index (χ1) is 14.5. The average molecular weight is 410 g/mol. The molecule has 1 fully saturated rings. The molecular formula is C23H31N5O2. The van der Waals surface area contributed by atoms with Gasteiger partial charge in [-0.1, -0.05) is 43.3 Å². The van der Waals surface area contributed by atoms with Crippen LogP contribution >= 0.6 is 0 Å². The molecule has 1 aromatic heterocycles. The molecule has 0 bridgehead atoms. The van der Waals surface area contributed by atoms with Crippen LogP contribution in [0.4, 0.5) is 0 Å². The highest BCUT2D eigenvalue weighted by atomic mass is 16.2. The van der Waals surface area contributed by atoms with Crippen molar-refractivity contribution in [3.8, 4) is 0 Å². The van der Waals surface area contributed by atoms with Gasteiger partial charge in [-0.05, 0) is 42.7 Å². The van der Waals surface area contributed by atoms with Gasteiger partial charge in [0, 0.05) is 26.1 Å². The molecule has 0 radical (unpaired) electrons. The molecule has 160 valence electrons. The summed E-state index contributed by atoms with van der Waals surface area (Å²) in [6.07, 6.45) is 6.11. The van der Waals surface area contributed by atoms with Crippen molar-refractivity contribution in [1.82, 2.24) is 24.8 Å². The number of rotatable bonds is 6. The first-order valence-corrected chi connectivity index (χ1v) is 11.1. The van der Waals surface area contributed by atoms with Gasteiger partial charge >= 0.3 is 0 Å². The highest BCUT2D eigenvalue weighted by Crippen LogP contribution is 2.22. The van der Waals surface area contributed by atoms with Crippen LogP contribution in [-0.4, -0.2) is 55.7 Å². The summed E-state index contributed by atoms with van der Waals surface area (Å²) in [6.45, 7) is 7.01. The van der Waals surface area contributed by atoms with E-state index in [-0.39, 0.29) is 17.9 Å². The minimum atomic E-state index is -0.0768. The van der Waals surface area contributed by atoms with Crippen molar-refractivity contribution >= 4 is 11.8 Å². The molecule has 7 nitrogen and oxygen atoms in total. The largest absolute Gasteiger partial charge is 0.338 e. The van der Waals surface area contributed by atoms with Gasteiger partial charge in [-0.25, -0.2) is 4.68 Å². The van der Waals surface area contributed by atoms with Crippen LogP contribution in [0.3, 0.4) is 0 Å². The topological polar surface area (TPSA) is 71.3 Å². The molecule has 0 unspecified atom stereocenters. The van der Waals surface area contributed by atoms with Crippen molar-refractivity contribution in [2.75, 3.05) is 13.1 Å². The maximum absolute atomic E-state index is 12.9. The van der Waals surface area contributed by atoms with Crippen LogP contribution in [0.25, 0.3) is 0 Å². The van der Waals surface area contributed by atoms with Crippen LogP contribution in [0.1, 0.15) is 61.1 Å². The second kappa shape index (κ2) is 8.98. The lowest BCUT2D eigenvalue weighted by atomic mass is 10.00. The number of likely N-dealkylation sites (tertiary alicyclic amines) is 1. The third kappa shape index (κ3) is 4.55. The second-order valence-corrected chi connectivity index (χ2v) is 8.89. The zero-order chi connectivity index (χ0) is 21.1. The van der Waals surface area contributed by atoms with Crippen LogP contribution in [0.2, 0.25) is 0 Å². The number of hydrogen-bond acceptors (Lipinski definition) is 4. The fourth-order valence-electron chi connectivity index (χ4n) is 4.44. The highest BCUT2D eigenvalue weighted by molar-refractivity contribution is 5.92. The van der Waals surface area contributed by atoms with Crippen LogP contribution in [-0.2, 0) is 24.3 Å². The van der Waals surface area contributed by atoms with Crippen LogP contribution in [0.5, 0.6) is 0 Å². The number of fused-ring (bicyclic) bond motifs is 1. The minimum Gasteiger partial charge on any atom is -0.338 e. The number of carbonyl (C=O) groups is 2. The second-order valence-electron chi connectivity index (χ2n) is 8.89. The molecule has 30 heavy (non-hydrogen) atoms. The third-order valence-corrected chi connectivity index (χ3v) is 6.21. The van der Waals surface area contributed by atoms with Crippen LogP contribution in [0, 0.1) is 5.92 Å². The Bertz CT molecular complexity index is 907. The summed E-state index contributed by atoms with van der Waals surface area (Å²) in [4.78, 5) is 29.4. The molecule has 2 aliphatic rings. The van der Waals surface area contributed by atoms with E-state index in [1.807, 2.05) is 21.9 Å². The lowest BCUT2D eigenvalue weighted by Gasteiger charge is -2.28. The zero-order valence-corrected chi connectivity index (χ0v) is 18.0. The first-order valence-electron chi connectivity index (χ1n) is 11.1. The van der Waals surface area contributed by atoms with Crippen molar-refractivity contribution in [2.45, 2.75) is 65.1 Å². The molecule has 4 rings (SSSR count). The number of benzene rings is 1. The fourth-order valence-corrected chi connectivity index (χ4v) is 4.44. The Morgan fingerprint density at radius 3 is 2.77 bits per heavy atom. The Balaban J connectivity index is 1.37. The molecule has 0 spiro atoms. The Labute approximate surface area is 178 Å². The maximum atomic E-state index is 12.9. The van der Waals surface area contributed by atoms with Gasteiger partial charge in [0.1, 0.15) is 0 Å². The molecule has 7 heteroatoms. The first kappa shape index (κ1) is 20.6. The predicted octanol–water partition coefficient (Wildman–Crippen LogP) is 2.90. The quantitative estimate of drug-likeness (QED) is 0.736. The van der Waals surface area contributed by atoms with E-state index in [2.05, 4.69) is 36.3 Å². The van der Waals surface area contributed by atoms with Crippen molar-refractivity contribution in [1.29, 1.82) is 0 Å². The highest BCUT2D eigenvalue weighted by Gasteiger charge is 2.30. The van der Waals surface area contributed by atoms with Gasteiger partial charge in [-0.2, -0.15) is 0 Å². The van der Waals surface area contributed by atoms with Gasteiger partial charge < -0.3 is 9.80 Å². The molecule has 2 amide bonds. The molecule has 0 aliphatic carbocycles. The minimum absolute atomic E-state index is 0.0768. The van der Waals surface area contributed by atoms with E-state index in [0.717, 1.165) is 32.2 Å². The molecule has 2 aromatic rings. The molecule has 0 saturated carbocycles. The van der Waals surface area contributed by atoms with E-state index >= 15 is 0 Å². The van der Waals surface area contributed by atoms with Gasteiger partial charge in [0.15, 0.2) is 5.69 Å². The number of aromatic nitrogens is 3. The Hall–Kier alpha value is -2.70. The standard InChI is InChI=1S/C23H31N5O2/c1-17(2)9-10-22(29)28-12-5-8-20(28)15-27-16-21(24-25-27)23(30)26-13-11-18-6-3-4-7-19(18)14-26/h3-4,6-7,16-17,20H,5,8-15H2,1-2H3/t20-/m0/s1. The molecule has 3 heterocycles. The maximum Gasteiger partial charge on any atom is 0.276 e. The Morgan fingerprint density at radius 1 is 1.17 bits per heavy atom. The number of amides is 2. The van der Waals surface area contributed by atoms with Crippen molar-refractivity contribution in [3.05, 3.63) is 47.3 Å². The molecule has 0 N–H and O–H groups in total. The lowest BCUT2D eigenvalue weighted by Crippen LogP contribution is -2.38. The third-order valence-electron chi connectivity index (χ3n) is 6.21. The normalized spacial score (nSPS) is 18.7. The van der Waals surface area contributed by atoms with Gasteiger partial charge in [0.25, 0.3) is 5.91 Å². The van der Waals surface area contributed by atoms with Crippen molar-refractivity contribution < 1.29 is 9.59 Å². The number of nitrogens with zero attached hydrogens (tertiary/aromatic N) is 5. The lowest BCUT2D eigenvalue weighted by molar-refractivity contribution is -0.132. The summed E-state index contributed by atoms with van der Waals surface area (Å²) in [5, 5.41) is 8.33. The summed E-state index contributed by atoms with van der Waals surface area (Å²) < 4.78 is 1.73. The predicted molar refractivity (Wildman–Crippen MR) is 114 cm³/mol. The van der Waals surface area contributed by atoms with Crippen LogP contribution in [0.15, 0.2) is 30.5 Å². The summed E-state index contributed by atoms with van der Waals surface area (Å²) in [7, 11) is 0. The molecule has 1 saturated heterocycles. The van der Waals surface area contributed by atoms with E-state index in [0.29, 0.717) is 37.7 Å². The monoisotopic (exact) mass is 409 g/mol. The molecule has 2 aliphatic heterocycles. The number of carbonyl (C=O) groups excluding carboxylic acids is 2. The molecule has 1 atom stereocenters. The Morgan fingerprint density at radius 2 is 1.97 bits per heavy atom. The zero-order valence-electron chi connectivity index (χ0n) is 18.0. The molecular weight excluding hydrogens is 378 g/mol. The van der Waals surface area contributed by atoms with Crippen LogP contribution < -0.4 is 0 Å². The summed E-state index contributed by atoms with van der Waals surface area (Å²) in [5.74, 6) is 0.683. The fraction of sp³-hybridized carbons (Fsp3) is 0.565. The van der Waals surface area contributed by atoms with E-state index in [9.17, 15) is 9.59 Å². The Kier molecular flexibility index (Phi) is 6.16.